The molecule has 0 saturated heterocycles. The molecule has 0 bridgehead atoms. The molecular formula is C25H24F6N6O2. The predicted octanol–water partition coefficient (Wildman–Crippen LogP) is 5.76. The average molecular weight is 554 g/mol. The number of aryl methyl sites for hydroxylation is 3. The van der Waals surface area contributed by atoms with Crippen LogP contribution < -0.4 is 9.80 Å². The number of benzene rings is 2. The zero-order valence-corrected chi connectivity index (χ0v) is 20.7. The van der Waals surface area contributed by atoms with Gasteiger partial charge in [-0.25, -0.2) is 4.79 Å². The zero-order chi connectivity index (χ0) is 28.1. The van der Waals surface area contributed by atoms with Crippen LogP contribution in [0.1, 0.15) is 58.7 Å². The van der Waals surface area contributed by atoms with E-state index in [9.17, 15) is 36.2 Å². The van der Waals surface area contributed by atoms with Crippen LogP contribution in [0.25, 0.3) is 0 Å². The lowest BCUT2D eigenvalue weighted by atomic mass is 9.95. The minimum atomic E-state index is -5.00. The van der Waals surface area contributed by atoms with E-state index < -0.39 is 42.2 Å². The zero-order valence-electron chi connectivity index (χ0n) is 20.7. The van der Waals surface area contributed by atoms with Gasteiger partial charge in [0.1, 0.15) is 0 Å². The second kappa shape index (κ2) is 9.72. The molecule has 1 aliphatic heterocycles. The summed E-state index contributed by atoms with van der Waals surface area (Å²) in [6.45, 7) is -0.214. The lowest BCUT2D eigenvalue weighted by Gasteiger charge is -2.32. The number of aromatic nitrogens is 4. The topological polar surface area (TPSA) is 87.4 Å². The fourth-order valence-electron chi connectivity index (χ4n) is 5.39. The highest BCUT2D eigenvalue weighted by Crippen LogP contribution is 2.43. The summed E-state index contributed by atoms with van der Waals surface area (Å²) in [5.74, 6) is 0.00342. The normalized spacial score (nSPS) is 17.5. The van der Waals surface area contributed by atoms with E-state index in [2.05, 4.69) is 15.4 Å². The van der Waals surface area contributed by atoms with Crippen molar-refractivity contribution >= 4 is 17.7 Å². The number of tetrazole rings is 1. The van der Waals surface area contributed by atoms with Crippen LogP contribution in [0.3, 0.4) is 0 Å². The van der Waals surface area contributed by atoms with Crippen LogP contribution in [0.4, 0.5) is 42.8 Å². The van der Waals surface area contributed by atoms with Crippen LogP contribution in [-0.2, 0) is 38.8 Å². The number of carbonyl (C=O) groups is 1. The SMILES string of the molecule is Cn1nnc(N(Cc2cc(C(F)(F)F)cc(C(F)(F)F)c2)[C@H]2CCCN(C(=O)O)c3cc4c(cc32)CCC4)n1. The maximum absolute atomic E-state index is 13.6. The van der Waals surface area contributed by atoms with E-state index >= 15 is 0 Å². The van der Waals surface area contributed by atoms with Gasteiger partial charge in [0.25, 0.3) is 5.95 Å². The Morgan fingerprint density at radius 1 is 1.00 bits per heavy atom. The summed E-state index contributed by atoms with van der Waals surface area (Å²) < 4.78 is 81.4. The standard InChI is InChI=1S/C25H24F6N6O2/c1-35-33-22(32-34-35)37(13-14-8-17(24(26,27)28)12-18(9-14)25(29,30)31)20-6-3-7-36(23(38)39)21-11-16-5-2-4-15(16)10-19(20)21/h8-12,20H,2-7,13H2,1H3,(H,38,39)/t20-/m0/s1. The van der Waals surface area contributed by atoms with Crippen molar-refractivity contribution in [1.82, 2.24) is 20.2 Å². The minimum absolute atomic E-state index is 0.00342. The summed E-state index contributed by atoms with van der Waals surface area (Å²) in [4.78, 5) is 16.0. The summed E-state index contributed by atoms with van der Waals surface area (Å²) in [5.41, 5.74) is 0.0253. The monoisotopic (exact) mass is 554 g/mol. The number of halogens is 6. The molecule has 1 atom stereocenters. The van der Waals surface area contributed by atoms with E-state index in [4.69, 9.17) is 0 Å². The number of alkyl halides is 6. The van der Waals surface area contributed by atoms with Crippen LogP contribution in [0, 0.1) is 0 Å². The fraction of sp³-hybridized carbons (Fsp3) is 0.440. The molecule has 8 nitrogen and oxygen atoms in total. The summed E-state index contributed by atoms with van der Waals surface area (Å²) in [6.07, 6.45) is -7.91. The number of rotatable bonds is 4. The van der Waals surface area contributed by atoms with Gasteiger partial charge in [-0.2, -0.15) is 31.1 Å². The Morgan fingerprint density at radius 2 is 1.64 bits per heavy atom. The number of amides is 1. The second-order valence-electron chi connectivity index (χ2n) is 9.75. The lowest BCUT2D eigenvalue weighted by molar-refractivity contribution is -0.143. The highest BCUT2D eigenvalue weighted by molar-refractivity contribution is 5.88. The summed E-state index contributed by atoms with van der Waals surface area (Å²) in [6, 6.07) is 4.55. The smallest absolute Gasteiger partial charge is 0.416 e. The van der Waals surface area contributed by atoms with E-state index in [0.29, 0.717) is 36.2 Å². The number of anilines is 2. The van der Waals surface area contributed by atoms with Gasteiger partial charge in [0.15, 0.2) is 0 Å². The molecule has 1 aliphatic carbocycles. The van der Waals surface area contributed by atoms with E-state index in [1.54, 1.807) is 0 Å². The van der Waals surface area contributed by atoms with E-state index in [-0.39, 0.29) is 24.1 Å². The van der Waals surface area contributed by atoms with Gasteiger partial charge in [-0.05, 0) is 83.8 Å². The molecule has 1 N–H and O–H groups in total. The largest absolute Gasteiger partial charge is 0.465 e. The van der Waals surface area contributed by atoms with Crippen molar-refractivity contribution < 1.29 is 36.2 Å². The van der Waals surface area contributed by atoms with Crippen molar-refractivity contribution in [2.45, 2.75) is 57.0 Å². The van der Waals surface area contributed by atoms with E-state index in [0.717, 1.165) is 35.2 Å². The molecule has 5 rings (SSSR count). The first-order valence-electron chi connectivity index (χ1n) is 12.3. The summed E-state index contributed by atoms with van der Waals surface area (Å²) in [5, 5.41) is 21.9. The average Bonchev–Trinajstić information content (AvgIpc) is 3.44. The summed E-state index contributed by atoms with van der Waals surface area (Å²) >= 11 is 0. The molecule has 208 valence electrons. The molecule has 1 aromatic heterocycles. The van der Waals surface area contributed by atoms with Gasteiger partial charge < -0.3 is 10.0 Å². The van der Waals surface area contributed by atoms with Crippen LogP contribution in [-0.4, -0.2) is 38.0 Å². The summed E-state index contributed by atoms with van der Waals surface area (Å²) in [7, 11) is 1.49. The molecular weight excluding hydrogens is 530 g/mol. The number of nitrogens with zero attached hydrogens (tertiary/aromatic N) is 6. The Hall–Kier alpha value is -3.84. The Kier molecular flexibility index (Phi) is 6.67. The highest BCUT2D eigenvalue weighted by Gasteiger charge is 2.38. The Bertz CT molecular complexity index is 1370. The lowest BCUT2D eigenvalue weighted by Crippen LogP contribution is -2.31. The minimum Gasteiger partial charge on any atom is -0.465 e. The van der Waals surface area contributed by atoms with E-state index in [1.807, 2.05) is 12.1 Å². The molecule has 0 spiro atoms. The molecule has 2 aliphatic rings. The van der Waals surface area contributed by atoms with Crippen LogP contribution in [0.2, 0.25) is 0 Å². The molecule has 0 radical (unpaired) electrons. The molecule has 0 saturated carbocycles. The molecule has 0 fully saturated rings. The third-order valence-electron chi connectivity index (χ3n) is 7.11. The second-order valence-corrected chi connectivity index (χ2v) is 9.75. The molecule has 14 heteroatoms. The number of carboxylic acid groups (broad SMARTS) is 1. The van der Waals surface area contributed by atoms with Crippen LogP contribution in [0.15, 0.2) is 30.3 Å². The van der Waals surface area contributed by atoms with Crippen LogP contribution >= 0.6 is 0 Å². The van der Waals surface area contributed by atoms with Crippen molar-refractivity contribution in [3.63, 3.8) is 0 Å². The molecule has 2 heterocycles. The van der Waals surface area contributed by atoms with Crippen molar-refractivity contribution in [2.75, 3.05) is 16.3 Å². The fourth-order valence-corrected chi connectivity index (χ4v) is 5.39. The third kappa shape index (κ3) is 5.36. The number of fused-ring (bicyclic) bond motifs is 2. The Morgan fingerprint density at radius 3 is 2.21 bits per heavy atom. The maximum Gasteiger partial charge on any atom is 0.416 e. The Balaban J connectivity index is 1.65. The molecule has 2 aromatic carbocycles. The van der Waals surface area contributed by atoms with Gasteiger partial charge in [-0.1, -0.05) is 11.2 Å². The van der Waals surface area contributed by atoms with Crippen LogP contribution in [0.5, 0.6) is 0 Å². The third-order valence-corrected chi connectivity index (χ3v) is 7.11. The van der Waals surface area contributed by atoms with Gasteiger partial charge in [0, 0.05) is 13.1 Å². The maximum atomic E-state index is 13.6. The van der Waals surface area contributed by atoms with E-state index in [1.165, 1.54) is 16.8 Å². The van der Waals surface area contributed by atoms with Crippen molar-refractivity contribution in [2.24, 2.45) is 7.05 Å². The first-order valence-corrected chi connectivity index (χ1v) is 12.3. The first kappa shape index (κ1) is 26.8. The first-order chi connectivity index (χ1) is 18.3. The number of hydrogen-bond donors (Lipinski definition) is 1. The quantitative estimate of drug-likeness (QED) is 0.413. The van der Waals surface area contributed by atoms with Gasteiger partial charge in [-0.3, -0.25) is 4.90 Å². The number of hydrogen-bond acceptors (Lipinski definition) is 5. The van der Waals surface area contributed by atoms with Crippen molar-refractivity contribution in [3.8, 4) is 0 Å². The van der Waals surface area contributed by atoms with Crippen molar-refractivity contribution in [1.29, 1.82) is 0 Å². The van der Waals surface area contributed by atoms with Crippen molar-refractivity contribution in [3.05, 3.63) is 63.7 Å². The Labute approximate surface area is 218 Å². The molecule has 3 aromatic rings. The molecule has 0 unspecified atom stereocenters. The van der Waals surface area contributed by atoms with Gasteiger partial charge in [-0.15, -0.1) is 5.10 Å². The molecule has 39 heavy (non-hydrogen) atoms. The molecule has 1 amide bonds. The van der Waals surface area contributed by atoms with Gasteiger partial charge in [0.05, 0.1) is 29.9 Å². The highest BCUT2D eigenvalue weighted by atomic mass is 19.4. The predicted molar refractivity (Wildman–Crippen MR) is 127 cm³/mol. The van der Waals surface area contributed by atoms with Gasteiger partial charge >= 0.3 is 18.4 Å². The van der Waals surface area contributed by atoms with Gasteiger partial charge in [0.2, 0.25) is 0 Å².